The highest BCUT2D eigenvalue weighted by Crippen LogP contribution is 2.29. The summed E-state index contributed by atoms with van der Waals surface area (Å²) in [6.07, 6.45) is 0. The zero-order valence-electron chi connectivity index (χ0n) is 13.4. The molecule has 0 fully saturated rings. The van der Waals surface area contributed by atoms with Crippen molar-refractivity contribution in [1.82, 2.24) is 4.98 Å². The molecule has 1 heterocycles. The minimum Gasteiger partial charge on any atom is -0.495 e. The van der Waals surface area contributed by atoms with Crippen LogP contribution in [0, 0.1) is 0 Å². The number of nitrogens with one attached hydrogen (secondary N) is 1. The Morgan fingerprint density at radius 2 is 1.96 bits per heavy atom. The van der Waals surface area contributed by atoms with Crippen LogP contribution in [-0.4, -0.2) is 18.0 Å². The van der Waals surface area contributed by atoms with Crippen LogP contribution in [0.2, 0.25) is 0 Å². The molecule has 2 aromatic rings. The topological polar surface area (TPSA) is 77.2 Å². The highest BCUT2D eigenvalue weighted by molar-refractivity contribution is 7.12. The molecule has 0 saturated carbocycles. The molecule has 0 aliphatic rings. The number of thiazole rings is 1. The first kappa shape index (κ1) is 21.5. The number of halogens is 2. The van der Waals surface area contributed by atoms with E-state index in [1.807, 2.05) is 20.8 Å². The largest absolute Gasteiger partial charge is 0.495 e. The van der Waals surface area contributed by atoms with E-state index in [-0.39, 0.29) is 36.1 Å². The number of nitrogens with zero attached hydrogens (tertiary/aromatic N) is 1. The molecule has 1 aromatic carbocycles. The van der Waals surface area contributed by atoms with Gasteiger partial charge in [0.15, 0.2) is 0 Å². The van der Waals surface area contributed by atoms with Crippen LogP contribution in [0.1, 0.15) is 36.1 Å². The second-order valence-electron chi connectivity index (χ2n) is 5.69. The van der Waals surface area contributed by atoms with Crippen molar-refractivity contribution in [2.45, 2.75) is 26.2 Å². The summed E-state index contributed by atoms with van der Waals surface area (Å²) in [4.78, 5) is 17.3. The minimum absolute atomic E-state index is 0. The number of carbonyl (C=O) groups excluding carboxylic acids is 1. The molecular weight excluding hydrogens is 357 g/mol. The minimum atomic E-state index is -0.175. The van der Waals surface area contributed by atoms with E-state index >= 15 is 0 Å². The fourth-order valence-electron chi connectivity index (χ4n) is 1.94. The van der Waals surface area contributed by atoms with Crippen molar-refractivity contribution in [3.05, 3.63) is 34.3 Å². The predicted octanol–water partition coefficient (Wildman–Crippen LogP) is 4.13. The first-order valence-electron chi connectivity index (χ1n) is 6.51. The van der Waals surface area contributed by atoms with Gasteiger partial charge < -0.3 is 15.8 Å². The molecule has 8 heteroatoms. The van der Waals surface area contributed by atoms with Gasteiger partial charge >= 0.3 is 0 Å². The molecule has 1 aromatic heterocycles. The number of aromatic nitrogens is 1. The second-order valence-corrected chi connectivity index (χ2v) is 6.55. The van der Waals surface area contributed by atoms with E-state index in [1.54, 1.807) is 30.8 Å². The highest BCUT2D eigenvalue weighted by atomic mass is 35.5. The third-order valence-electron chi connectivity index (χ3n) is 2.97. The summed E-state index contributed by atoms with van der Waals surface area (Å²) in [7, 11) is 1.55. The van der Waals surface area contributed by atoms with Gasteiger partial charge in [-0.05, 0) is 18.2 Å². The predicted molar refractivity (Wildman–Crippen MR) is 101 cm³/mol. The number of hydrogen-bond acceptors (Lipinski definition) is 5. The van der Waals surface area contributed by atoms with Gasteiger partial charge in [0.1, 0.15) is 10.6 Å². The maximum Gasteiger partial charge on any atom is 0.267 e. The number of rotatable bonds is 3. The standard InChI is InChI=1S/C15H19N3O2S.2ClH/c1-15(2,3)13-12(21-8-17-13)14(19)18-9-5-6-11(20-4)10(16)7-9;;/h5-8H,16H2,1-4H3,(H,18,19);2*1H. The number of anilines is 2. The summed E-state index contributed by atoms with van der Waals surface area (Å²) in [5.41, 5.74) is 9.27. The Morgan fingerprint density at radius 1 is 1.30 bits per heavy atom. The first-order valence-corrected chi connectivity index (χ1v) is 7.39. The number of amides is 1. The maximum absolute atomic E-state index is 12.4. The number of carbonyl (C=O) groups is 1. The Hall–Kier alpha value is -1.50. The summed E-state index contributed by atoms with van der Waals surface area (Å²) in [5, 5.41) is 2.84. The van der Waals surface area contributed by atoms with Crippen LogP contribution in [0.15, 0.2) is 23.7 Å². The lowest BCUT2D eigenvalue weighted by atomic mass is 9.91. The second kappa shape index (κ2) is 8.38. The van der Waals surface area contributed by atoms with Crippen LogP contribution in [0.25, 0.3) is 0 Å². The number of benzene rings is 1. The lowest BCUT2D eigenvalue weighted by Crippen LogP contribution is -2.19. The van der Waals surface area contributed by atoms with E-state index < -0.39 is 0 Å². The summed E-state index contributed by atoms with van der Waals surface area (Å²) in [6.45, 7) is 6.10. The third-order valence-corrected chi connectivity index (χ3v) is 3.80. The average molecular weight is 378 g/mol. The Labute approximate surface area is 152 Å². The van der Waals surface area contributed by atoms with Crippen LogP contribution in [0.3, 0.4) is 0 Å². The van der Waals surface area contributed by atoms with Crippen molar-refractivity contribution in [1.29, 1.82) is 0 Å². The first-order chi connectivity index (χ1) is 9.82. The van der Waals surface area contributed by atoms with Gasteiger partial charge in [0.25, 0.3) is 5.91 Å². The molecular formula is C15H21Cl2N3O2S. The van der Waals surface area contributed by atoms with Gasteiger partial charge in [-0.1, -0.05) is 20.8 Å². The molecule has 0 saturated heterocycles. The maximum atomic E-state index is 12.4. The molecule has 23 heavy (non-hydrogen) atoms. The Morgan fingerprint density at radius 3 is 2.48 bits per heavy atom. The van der Waals surface area contributed by atoms with Crippen molar-refractivity contribution in [2.24, 2.45) is 0 Å². The normalized spacial score (nSPS) is 10.3. The van der Waals surface area contributed by atoms with Gasteiger partial charge in [0.05, 0.1) is 24.0 Å². The average Bonchev–Trinajstić information content (AvgIpc) is 2.88. The molecule has 0 unspecified atom stereocenters. The van der Waals surface area contributed by atoms with E-state index in [1.165, 1.54) is 11.3 Å². The van der Waals surface area contributed by atoms with Gasteiger partial charge in [0.2, 0.25) is 0 Å². The summed E-state index contributed by atoms with van der Waals surface area (Å²) < 4.78 is 5.10. The molecule has 5 nitrogen and oxygen atoms in total. The van der Waals surface area contributed by atoms with Gasteiger partial charge in [-0.3, -0.25) is 4.79 Å². The van der Waals surface area contributed by atoms with Crippen LogP contribution in [0.4, 0.5) is 11.4 Å². The summed E-state index contributed by atoms with van der Waals surface area (Å²) >= 11 is 1.34. The molecule has 0 radical (unpaired) electrons. The van der Waals surface area contributed by atoms with Crippen molar-refractivity contribution in [3.8, 4) is 5.75 Å². The molecule has 0 aliphatic heterocycles. The molecule has 1 amide bonds. The number of nitrogen functional groups attached to an aromatic ring is 1. The zero-order valence-corrected chi connectivity index (χ0v) is 15.8. The van der Waals surface area contributed by atoms with Crippen LogP contribution >= 0.6 is 36.2 Å². The number of ether oxygens (including phenoxy) is 1. The summed E-state index contributed by atoms with van der Waals surface area (Å²) in [5.74, 6) is 0.410. The molecule has 0 aliphatic carbocycles. The molecule has 0 atom stereocenters. The monoisotopic (exact) mass is 377 g/mol. The molecule has 0 bridgehead atoms. The van der Waals surface area contributed by atoms with Crippen LogP contribution in [-0.2, 0) is 5.41 Å². The van der Waals surface area contributed by atoms with Crippen molar-refractivity contribution in [2.75, 3.05) is 18.2 Å². The van der Waals surface area contributed by atoms with Gasteiger partial charge in [-0.2, -0.15) is 0 Å². The summed E-state index contributed by atoms with van der Waals surface area (Å²) in [6, 6.07) is 5.15. The number of nitrogens with two attached hydrogens (primary N) is 1. The number of methoxy groups -OCH3 is 1. The molecule has 128 valence electrons. The van der Waals surface area contributed by atoms with E-state index in [0.29, 0.717) is 22.0 Å². The molecule has 3 N–H and O–H groups in total. The van der Waals surface area contributed by atoms with Gasteiger partial charge in [0, 0.05) is 11.1 Å². The van der Waals surface area contributed by atoms with Gasteiger partial charge in [-0.25, -0.2) is 4.98 Å². The Bertz CT molecular complexity index is 669. The van der Waals surface area contributed by atoms with Crippen LogP contribution < -0.4 is 15.8 Å². The quantitative estimate of drug-likeness (QED) is 0.788. The Kier molecular flexibility index (Phi) is 7.83. The molecule has 2 rings (SSSR count). The van der Waals surface area contributed by atoms with E-state index in [4.69, 9.17) is 10.5 Å². The van der Waals surface area contributed by atoms with Crippen molar-refractivity contribution in [3.63, 3.8) is 0 Å². The lowest BCUT2D eigenvalue weighted by molar-refractivity contribution is 0.102. The fourth-order valence-corrected chi connectivity index (χ4v) is 2.83. The van der Waals surface area contributed by atoms with E-state index in [9.17, 15) is 4.79 Å². The molecule has 0 spiro atoms. The number of hydrogen-bond donors (Lipinski definition) is 2. The third kappa shape index (κ3) is 4.99. The van der Waals surface area contributed by atoms with Crippen molar-refractivity contribution < 1.29 is 9.53 Å². The van der Waals surface area contributed by atoms with Crippen LogP contribution in [0.5, 0.6) is 5.75 Å². The van der Waals surface area contributed by atoms with E-state index in [0.717, 1.165) is 5.69 Å². The van der Waals surface area contributed by atoms with Crippen molar-refractivity contribution >= 4 is 53.4 Å². The Balaban J connectivity index is 0.00000242. The zero-order chi connectivity index (χ0) is 15.6. The highest BCUT2D eigenvalue weighted by Gasteiger charge is 2.25. The smallest absolute Gasteiger partial charge is 0.267 e. The van der Waals surface area contributed by atoms with Gasteiger partial charge in [-0.15, -0.1) is 36.2 Å². The lowest BCUT2D eigenvalue weighted by Gasteiger charge is -2.17. The van der Waals surface area contributed by atoms with E-state index in [2.05, 4.69) is 10.3 Å². The fraction of sp³-hybridized carbons (Fsp3) is 0.333. The SMILES string of the molecule is COc1ccc(NC(=O)c2scnc2C(C)(C)C)cc1N.Cl.Cl.